The molecule has 0 atom stereocenters. The number of halogens is 1. The van der Waals surface area contributed by atoms with Crippen LogP contribution in [0.25, 0.3) is 10.4 Å². The van der Waals surface area contributed by atoms with Crippen LogP contribution in [0.15, 0.2) is 46.8 Å². The third kappa shape index (κ3) is 5.21. The Hall–Kier alpha value is -2.96. The second-order valence-corrected chi connectivity index (χ2v) is 8.65. The average Bonchev–Trinajstić information content (AvgIpc) is 3.09. The molecule has 31 heavy (non-hydrogen) atoms. The highest BCUT2D eigenvalue weighted by Crippen LogP contribution is 2.39. The zero-order valence-electron chi connectivity index (χ0n) is 17.4. The Morgan fingerprint density at radius 2 is 1.81 bits per heavy atom. The van der Waals surface area contributed by atoms with Gasteiger partial charge in [0.05, 0.1) is 22.0 Å². The fourth-order valence-corrected chi connectivity index (χ4v) is 4.40. The van der Waals surface area contributed by atoms with E-state index in [9.17, 15) is 14.7 Å². The molecule has 0 saturated heterocycles. The van der Waals surface area contributed by atoms with E-state index in [1.807, 2.05) is 37.4 Å². The summed E-state index contributed by atoms with van der Waals surface area (Å²) in [5, 5.41) is 21.7. The maximum Gasteiger partial charge on any atom is 0.337 e. The number of ketones is 1. The lowest BCUT2D eigenvalue weighted by molar-refractivity contribution is -0.117. The Bertz CT molecular complexity index is 1200. The van der Waals surface area contributed by atoms with Crippen molar-refractivity contribution in [2.75, 3.05) is 6.54 Å². The van der Waals surface area contributed by atoms with Gasteiger partial charge in [0, 0.05) is 23.1 Å². The Kier molecular flexibility index (Phi) is 6.93. The van der Waals surface area contributed by atoms with Crippen molar-refractivity contribution < 1.29 is 19.8 Å². The number of aromatic hydroxyl groups is 1. The number of aliphatic imine (C=N–C) groups is 1. The molecule has 2 aromatic carbocycles. The first kappa shape index (κ1) is 22.7. The fourth-order valence-electron chi connectivity index (χ4n) is 3.11. The standard InChI is InChI=1S/C24H22ClNO4S/c1-13-4-6-17(8-14(13)2)23-22(28)20(12-31-23)15(3)26-11-18(27)9-16-5-7-19(24(29)30)21(25)10-16/h4-8,10,12,28H,9,11H2,1-3H3,(H,29,30). The highest BCUT2D eigenvalue weighted by Gasteiger charge is 2.16. The van der Waals surface area contributed by atoms with Gasteiger partial charge in [0.25, 0.3) is 0 Å². The fraction of sp³-hybridized carbons (Fsp3) is 0.208. The number of aromatic carboxylic acids is 1. The molecule has 3 rings (SSSR count). The quantitative estimate of drug-likeness (QED) is 0.446. The van der Waals surface area contributed by atoms with E-state index in [-0.39, 0.29) is 35.1 Å². The molecule has 1 heterocycles. The lowest BCUT2D eigenvalue weighted by Crippen LogP contribution is -2.09. The Balaban J connectivity index is 1.71. The number of carboxylic acid groups (broad SMARTS) is 1. The zero-order valence-corrected chi connectivity index (χ0v) is 19.0. The van der Waals surface area contributed by atoms with Crippen molar-refractivity contribution in [3.05, 3.63) is 74.6 Å². The molecule has 160 valence electrons. The molecule has 0 spiro atoms. The van der Waals surface area contributed by atoms with Crippen molar-refractivity contribution in [1.29, 1.82) is 0 Å². The first-order valence-electron chi connectivity index (χ1n) is 9.60. The summed E-state index contributed by atoms with van der Waals surface area (Å²) in [5.74, 6) is -1.08. The number of carboxylic acids is 1. The number of benzene rings is 2. The van der Waals surface area contributed by atoms with Crippen LogP contribution in [0.2, 0.25) is 5.02 Å². The minimum atomic E-state index is -1.11. The summed E-state index contributed by atoms with van der Waals surface area (Å²) >= 11 is 7.39. The van der Waals surface area contributed by atoms with Gasteiger partial charge in [-0.3, -0.25) is 9.79 Å². The minimum absolute atomic E-state index is 0.000705. The van der Waals surface area contributed by atoms with Crippen LogP contribution in [0, 0.1) is 13.8 Å². The summed E-state index contributed by atoms with van der Waals surface area (Å²) in [7, 11) is 0. The van der Waals surface area contributed by atoms with Gasteiger partial charge in [-0.1, -0.05) is 35.9 Å². The number of hydrogen-bond acceptors (Lipinski definition) is 5. The summed E-state index contributed by atoms with van der Waals surface area (Å²) in [5.41, 5.74) is 5.11. The molecule has 0 aliphatic heterocycles. The molecule has 0 unspecified atom stereocenters. The van der Waals surface area contributed by atoms with Crippen LogP contribution in [0.3, 0.4) is 0 Å². The number of rotatable bonds is 7. The van der Waals surface area contributed by atoms with Crippen LogP contribution < -0.4 is 0 Å². The summed E-state index contributed by atoms with van der Waals surface area (Å²) in [6.07, 6.45) is 0.0971. The van der Waals surface area contributed by atoms with Crippen molar-refractivity contribution in [3.63, 3.8) is 0 Å². The molecule has 3 aromatic rings. The van der Waals surface area contributed by atoms with Crippen molar-refractivity contribution in [2.45, 2.75) is 27.2 Å². The molecular formula is C24H22ClNO4S. The van der Waals surface area contributed by atoms with Gasteiger partial charge in [-0.2, -0.15) is 0 Å². The van der Waals surface area contributed by atoms with Crippen molar-refractivity contribution in [1.82, 2.24) is 0 Å². The number of carbonyl (C=O) groups excluding carboxylic acids is 1. The predicted molar refractivity (Wildman–Crippen MR) is 125 cm³/mol. The number of thiophene rings is 1. The molecule has 0 amide bonds. The van der Waals surface area contributed by atoms with E-state index in [1.165, 1.54) is 29.0 Å². The third-order valence-electron chi connectivity index (χ3n) is 5.08. The predicted octanol–water partition coefficient (Wildman–Crippen LogP) is 5.71. The first-order chi connectivity index (χ1) is 14.7. The van der Waals surface area contributed by atoms with Gasteiger partial charge in [0.2, 0.25) is 0 Å². The van der Waals surface area contributed by atoms with Crippen LogP contribution in [-0.2, 0) is 11.2 Å². The maximum atomic E-state index is 12.3. The molecule has 0 saturated carbocycles. The van der Waals surface area contributed by atoms with Crippen molar-refractivity contribution >= 4 is 40.4 Å². The van der Waals surface area contributed by atoms with Crippen LogP contribution in [0.4, 0.5) is 0 Å². The van der Waals surface area contributed by atoms with Crippen LogP contribution in [0.1, 0.15) is 39.5 Å². The zero-order chi connectivity index (χ0) is 22.7. The lowest BCUT2D eigenvalue weighted by atomic mass is 10.0. The van der Waals surface area contributed by atoms with E-state index < -0.39 is 5.97 Å². The number of nitrogens with zero attached hydrogens (tertiary/aromatic N) is 1. The topological polar surface area (TPSA) is 87.0 Å². The SMILES string of the molecule is CC(=NCC(=O)Cc1ccc(C(=O)O)c(Cl)c1)c1csc(-c2ccc(C)c(C)c2)c1O. The lowest BCUT2D eigenvalue weighted by Gasteiger charge is -2.05. The molecule has 0 bridgehead atoms. The molecule has 1 aromatic heterocycles. The van der Waals surface area contributed by atoms with E-state index in [4.69, 9.17) is 16.7 Å². The van der Waals surface area contributed by atoms with E-state index in [0.717, 1.165) is 16.0 Å². The summed E-state index contributed by atoms with van der Waals surface area (Å²) in [4.78, 5) is 28.5. The van der Waals surface area contributed by atoms with Gasteiger partial charge in [-0.25, -0.2) is 4.79 Å². The van der Waals surface area contributed by atoms with Crippen LogP contribution >= 0.6 is 22.9 Å². The van der Waals surface area contributed by atoms with Gasteiger partial charge in [-0.15, -0.1) is 11.3 Å². The molecular weight excluding hydrogens is 434 g/mol. The van der Waals surface area contributed by atoms with Crippen LogP contribution in [-0.4, -0.2) is 34.2 Å². The van der Waals surface area contributed by atoms with Crippen molar-refractivity contribution in [3.8, 4) is 16.2 Å². The molecule has 0 fully saturated rings. The number of hydrogen-bond donors (Lipinski definition) is 2. The molecule has 0 aliphatic rings. The largest absolute Gasteiger partial charge is 0.506 e. The molecule has 7 heteroatoms. The second kappa shape index (κ2) is 9.45. The summed E-state index contributed by atoms with van der Waals surface area (Å²) in [6.45, 7) is 5.79. The van der Waals surface area contributed by atoms with E-state index in [0.29, 0.717) is 16.8 Å². The molecule has 0 radical (unpaired) electrons. The van der Waals surface area contributed by atoms with Crippen molar-refractivity contribution in [2.24, 2.45) is 4.99 Å². The monoisotopic (exact) mass is 455 g/mol. The van der Waals surface area contributed by atoms with E-state index in [1.54, 1.807) is 13.0 Å². The minimum Gasteiger partial charge on any atom is -0.506 e. The summed E-state index contributed by atoms with van der Waals surface area (Å²) < 4.78 is 0. The molecule has 5 nitrogen and oxygen atoms in total. The van der Waals surface area contributed by atoms with E-state index >= 15 is 0 Å². The Labute approximate surface area is 189 Å². The van der Waals surface area contributed by atoms with Gasteiger partial charge in [0.1, 0.15) is 5.75 Å². The normalized spacial score (nSPS) is 11.5. The van der Waals surface area contributed by atoms with E-state index in [2.05, 4.69) is 4.99 Å². The highest BCUT2D eigenvalue weighted by atomic mass is 35.5. The highest BCUT2D eigenvalue weighted by molar-refractivity contribution is 7.14. The average molecular weight is 456 g/mol. The van der Waals surface area contributed by atoms with Crippen LogP contribution in [0.5, 0.6) is 5.75 Å². The van der Waals surface area contributed by atoms with Gasteiger partial charge in [0.15, 0.2) is 5.78 Å². The maximum absolute atomic E-state index is 12.3. The van der Waals surface area contributed by atoms with Gasteiger partial charge < -0.3 is 10.2 Å². The number of aryl methyl sites for hydroxylation is 2. The third-order valence-corrected chi connectivity index (χ3v) is 6.41. The molecule has 0 aliphatic carbocycles. The second-order valence-electron chi connectivity index (χ2n) is 7.36. The Morgan fingerprint density at radius 1 is 1.06 bits per heavy atom. The van der Waals surface area contributed by atoms with Gasteiger partial charge >= 0.3 is 5.97 Å². The van der Waals surface area contributed by atoms with Gasteiger partial charge in [-0.05, 0) is 55.2 Å². The smallest absolute Gasteiger partial charge is 0.337 e. The summed E-state index contributed by atoms with van der Waals surface area (Å²) in [6, 6.07) is 10.5. The number of carbonyl (C=O) groups is 2. The number of Topliss-reactive ketones (excluding diaryl/α,β-unsaturated/α-hetero) is 1. The molecule has 2 N–H and O–H groups in total. The first-order valence-corrected chi connectivity index (χ1v) is 10.9. The Morgan fingerprint density at radius 3 is 2.45 bits per heavy atom.